The van der Waals surface area contributed by atoms with Gasteiger partial charge in [-0.15, -0.1) is 0 Å². The molecule has 0 saturated carbocycles. The number of ether oxygens (including phenoxy) is 2. The maximum atomic E-state index is 13.2. The fraction of sp³-hybridized carbons (Fsp3) is 0.462. The summed E-state index contributed by atoms with van der Waals surface area (Å²) in [7, 11) is 5.33. The summed E-state index contributed by atoms with van der Waals surface area (Å²) in [5.41, 5.74) is 3.19. The number of methoxy groups -OCH3 is 2. The first-order valence-electron chi connectivity index (χ1n) is 11.6. The van der Waals surface area contributed by atoms with E-state index in [-0.39, 0.29) is 18.0 Å². The highest BCUT2D eigenvalue weighted by atomic mass is 16.5. The topological polar surface area (TPSA) is 68.6 Å². The Hall–Kier alpha value is -3.22. The monoisotopic (exact) mass is 450 g/mol. The van der Waals surface area contributed by atoms with E-state index in [0.717, 1.165) is 48.4 Å². The number of urea groups is 1. The number of aryl methyl sites for hydroxylation is 1. The molecule has 2 heterocycles. The largest absolute Gasteiger partial charge is 0.493 e. The van der Waals surface area contributed by atoms with Gasteiger partial charge in [-0.1, -0.05) is 32.0 Å². The summed E-state index contributed by atoms with van der Waals surface area (Å²) in [6.07, 6.45) is 1.82. The van der Waals surface area contributed by atoms with E-state index in [1.165, 1.54) is 0 Å². The number of para-hydroxylation sites is 2. The standard InChI is InChI=1S/C26H34N4O3/c1-17(2)24(19-10-11-22(32-4)23(16-19)33-5)28-26(31)30-14-12-18(13-15-30)25-27-20-8-6-7-9-21(20)29(25)3/h6-11,16-18,24H,12-15H2,1-5H3,(H,28,31). The summed E-state index contributed by atoms with van der Waals surface area (Å²) in [6.45, 7) is 5.66. The van der Waals surface area contributed by atoms with Crippen LogP contribution in [0.3, 0.4) is 0 Å². The number of aromatic nitrogens is 2. The van der Waals surface area contributed by atoms with Crippen LogP contribution >= 0.6 is 0 Å². The number of carbonyl (C=O) groups is 1. The van der Waals surface area contributed by atoms with E-state index >= 15 is 0 Å². The van der Waals surface area contributed by atoms with Gasteiger partial charge in [0, 0.05) is 26.1 Å². The van der Waals surface area contributed by atoms with Crippen LogP contribution in [-0.2, 0) is 7.05 Å². The molecule has 4 rings (SSSR count). The minimum atomic E-state index is -0.116. The molecule has 1 fully saturated rings. The minimum Gasteiger partial charge on any atom is -0.493 e. The normalized spacial score (nSPS) is 15.6. The fourth-order valence-electron chi connectivity index (χ4n) is 4.78. The zero-order valence-electron chi connectivity index (χ0n) is 20.2. The predicted octanol–water partition coefficient (Wildman–Crippen LogP) is 4.88. The van der Waals surface area contributed by atoms with Crippen molar-refractivity contribution in [3.63, 3.8) is 0 Å². The average Bonchev–Trinajstić information content (AvgIpc) is 3.18. The molecule has 33 heavy (non-hydrogen) atoms. The van der Waals surface area contributed by atoms with Gasteiger partial charge in [-0.25, -0.2) is 9.78 Å². The number of piperidine rings is 1. The van der Waals surface area contributed by atoms with Crippen LogP contribution in [-0.4, -0.2) is 47.8 Å². The molecule has 0 spiro atoms. The molecule has 0 aliphatic carbocycles. The van der Waals surface area contributed by atoms with Gasteiger partial charge in [-0.2, -0.15) is 0 Å². The number of likely N-dealkylation sites (tertiary alicyclic amines) is 1. The van der Waals surface area contributed by atoms with Gasteiger partial charge in [0.15, 0.2) is 11.5 Å². The number of amides is 2. The summed E-state index contributed by atoms with van der Waals surface area (Å²) in [5, 5.41) is 3.25. The van der Waals surface area contributed by atoms with Crippen molar-refractivity contribution < 1.29 is 14.3 Å². The van der Waals surface area contributed by atoms with Gasteiger partial charge in [0.2, 0.25) is 0 Å². The molecular weight excluding hydrogens is 416 g/mol. The van der Waals surface area contributed by atoms with Crippen LogP contribution in [0.25, 0.3) is 11.0 Å². The number of nitrogens with zero attached hydrogens (tertiary/aromatic N) is 3. The highest BCUT2D eigenvalue weighted by molar-refractivity contribution is 5.76. The zero-order valence-corrected chi connectivity index (χ0v) is 20.2. The van der Waals surface area contributed by atoms with Crippen LogP contribution in [0.15, 0.2) is 42.5 Å². The van der Waals surface area contributed by atoms with Crippen LogP contribution in [0.4, 0.5) is 4.79 Å². The third-order valence-corrected chi connectivity index (χ3v) is 6.68. The average molecular weight is 451 g/mol. The second kappa shape index (κ2) is 9.73. The smallest absolute Gasteiger partial charge is 0.317 e. The van der Waals surface area contributed by atoms with Crippen LogP contribution in [0.2, 0.25) is 0 Å². The number of nitrogens with one attached hydrogen (secondary N) is 1. The van der Waals surface area contributed by atoms with Crippen LogP contribution in [0.1, 0.15) is 50.0 Å². The maximum Gasteiger partial charge on any atom is 0.317 e. The highest BCUT2D eigenvalue weighted by Crippen LogP contribution is 2.33. The van der Waals surface area contributed by atoms with Crippen molar-refractivity contribution in [1.82, 2.24) is 19.8 Å². The third-order valence-electron chi connectivity index (χ3n) is 6.68. The molecule has 1 aliphatic heterocycles. The van der Waals surface area contributed by atoms with Gasteiger partial charge in [0.25, 0.3) is 0 Å². The maximum absolute atomic E-state index is 13.2. The molecule has 1 unspecified atom stereocenters. The van der Waals surface area contributed by atoms with Gasteiger partial charge in [-0.05, 0) is 48.6 Å². The fourth-order valence-corrected chi connectivity index (χ4v) is 4.78. The molecule has 1 aromatic heterocycles. The molecule has 0 bridgehead atoms. The molecule has 1 aliphatic rings. The molecule has 2 aromatic carbocycles. The Morgan fingerprint density at radius 1 is 1.06 bits per heavy atom. The Labute approximate surface area is 195 Å². The van der Waals surface area contributed by atoms with Crippen molar-refractivity contribution in [3.05, 3.63) is 53.9 Å². The molecular formula is C26H34N4O3. The van der Waals surface area contributed by atoms with Crippen LogP contribution in [0.5, 0.6) is 11.5 Å². The number of imidazole rings is 1. The second-order valence-electron chi connectivity index (χ2n) is 9.06. The first-order valence-corrected chi connectivity index (χ1v) is 11.6. The Balaban J connectivity index is 1.42. The van der Waals surface area contributed by atoms with E-state index in [2.05, 4.69) is 42.9 Å². The van der Waals surface area contributed by atoms with E-state index in [1.807, 2.05) is 35.2 Å². The van der Waals surface area contributed by atoms with E-state index in [1.54, 1.807) is 14.2 Å². The van der Waals surface area contributed by atoms with Crippen molar-refractivity contribution in [2.24, 2.45) is 13.0 Å². The van der Waals surface area contributed by atoms with Gasteiger partial charge < -0.3 is 24.3 Å². The lowest BCUT2D eigenvalue weighted by atomic mass is 9.95. The summed E-state index contributed by atoms with van der Waals surface area (Å²) in [4.78, 5) is 19.9. The number of hydrogen-bond donors (Lipinski definition) is 1. The second-order valence-corrected chi connectivity index (χ2v) is 9.06. The lowest BCUT2D eigenvalue weighted by Gasteiger charge is -2.34. The van der Waals surface area contributed by atoms with Gasteiger partial charge >= 0.3 is 6.03 Å². The summed E-state index contributed by atoms with van der Waals surface area (Å²) in [6, 6.07) is 13.9. The van der Waals surface area contributed by atoms with E-state index in [4.69, 9.17) is 14.5 Å². The third kappa shape index (κ3) is 4.63. The zero-order chi connectivity index (χ0) is 23.5. The molecule has 0 radical (unpaired) electrons. The number of hydrogen-bond acceptors (Lipinski definition) is 4. The summed E-state index contributed by atoms with van der Waals surface area (Å²) < 4.78 is 13.0. The molecule has 2 amide bonds. The molecule has 7 nitrogen and oxygen atoms in total. The van der Waals surface area contributed by atoms with Gasteiger partial charge in [0.05, 0.1) is 31.3 Å². The Kier molecular flexibility index (Phi) is 6.77. The quantitative estimate of drug-likeness (QED) is 0.581. The molecule has 1 saturated heterocycles. The minimum absolute atomic E-state index is 0.0214. The number of benzene rings is 2. The van der Waals surface area contributed by atoms with E-state index in [9.17, 15) is 4.79 Å². The van der Waals surface area contributed by atoms with Crippen molar-refractivity contribution in [3.8, 4) is 11.5 Å². The number of rotatable bonds is 6. The molecule has 3 aromatic rings. The van der Waals surface area contributed by atoms with Crippen molar-refractivity contribution in [2.75, 3.05) is 27.3 Å². The van der Waals surface area contributed by atoms with Crippen molar-refractivity contribution in [2.45, 2.75) is 38.6 Å². The Bertz CT molecular complexity index is 1120. The van der Waals surface area contributed by atoms with Crippen LogP contribution in [0, 0.1) is 5.92 Å². The molecule has 1 N–H and O–H groups in total. The lowest BCUT2D eigenvalue weighted by molar-refractivity contribution is 0.173. The number of carbonyl (C=O) groups excluding carboxylic acids is 1. The molecule has 7 heteroatoms. The first-order chi connectivity index (χ1) is 15.9. The lowest BCUT2D eigenvalue weighted by Crippen LogP contribution is -2.46. The van der Waals surface area contributed by atoms with Gasteiger partial charge in [-0.3, -0.25) is 0 Å². The van der Waals surface area contributed by atoms with E-state index in [0.29, 0.717) is 17.4 Å². The van der Waals surface area contributed by atoms with Crippen LogP contribution < -0.4 is 14.8 Å². The predicted molar refractivity (Wildman–Crippen MR) is 130 cm³/mol. The molecule has 176 valence electrons. The summed E-state index contributed by atoms with van der Waals surface area (Å²) in [5.74, 6) is 3.04. The number of fused-ring (bicyclic) bond motifs is 1. The van der Waals surface area contributed by atoms with Crippen molar-refractivity contribution in [1.29, 1.82) is 0 Å². The highest BCUT2D eigenvalue weighted by Gasteiger charge is 2.29. The summed E-state index contributed by atoms with van der Waals surface area (Å²) >= 11 is 0. The first kappa shape index (κ1) is 23.0. The van der Waals surface area contributed by atoms with Crippen molar-refractivity contribution >= 4 is 17.1 Å². The molecule has 1 atom stereocenters. The van der Waals surface area contributed by atoms with Gasteiger partial charge in [0.1, 0.15) is 5.82 Å². The SMILES string of the molecule is COc1ccc(C(NC(=O)N2CCC(c3nc4ccccc4n3C)CC2)C(C)C)cc1OC. The van der Waals surface area contributed by atoms with E-state index < -0.39 is 0 Å². The Morgan fingerprint density at radius 3 is 2.39 bits per heavy atom. The Morgan fingerprint density at radius 2 is 1.76 bits per heavy atom.